The first-order chi connectivity index (χ1) is 12.4. The molecule has 2 N–H and O–H groups in total. The van der Waals surface area contributed by atoms with Gasteiger partial charge in [0.05, 0.1) is 0 Å². The van der Waals surface area contributed by atoms with Crippen molar-refractivity contribution in [1.82, 2.24) is 0 Å². The number of hydrogen-bond donors (Lipinski definition) is 2. The second kappa shape index (κ2) is 7.11. The molecule has 7 heteroatoms. The quantitative estimate of drug-likeness (QED) is 0.880. The maximum Gasteiger partial charge on any atom is 0.246 e. The molecule has 1 heterocycles. The van der Waals surface area contributed by atoms with Crippen LogP contribution in [-0.4, -0.2) is 24.4 Å². The van der Waals surface area contributed by atoms with E-state index < -0.39 is 29.3 Å². The molecule has 0 spiro atoms. The fourth-order valence-corrected chi connectivity index (χ4v) is 2.98. The number of hydrogen-bond acceptors (Lipinski definition) is 3. The Labute approximate surface area is 150 Å². The normalized spacial score (nSPS) is 13.9. The van der Waals surface area contributed by atoms with Gasteiger partial charge in [-0.15, -0.1) is 0 Å². The van der Waals surface area contributed by atoms with E-state index >= 15 is 0 Å². The molecule has 5 nitrogen and oxygen atoms in total. The second-order valence-corrected chi connectivity index (χ2v) is 6.22. The van der Waals surface area contributed by atoms with Gasteiger partial charge in [0.2, 0.25) is 11.8 Å². The van der Waals surface area contributed by atoms with Crippen LogP contribution >= 0.6 is 0 Å². The highest BCUT2D eigenvalue weighted by molar-refractivity contribution is 5.97. The Balaban J connectivity index is 1.69. The van der Waals surface area contributed by atoms with Crippen molar-refractivity contribution in [3.8, 4) is 0 Å². The predicted molar refractivity (Wildman–Crippen MR) is 96.2 cm³/mol. The van der Waals surface area contributed by atoms with Crippen molar-refractivity contribution >= 4 is 28.9 Å². The molecule has 2 aromatic carbocycles. The molecule has 0 aromatic heterocycles. The van der Waals surface area contributed by atoms with E-state index in [1.807, 2.05) is 12.1 Å². The van der Waals surface area contributed by atoms with E-state index in [-0.39, 0.29) is 5.91 Å². The van der Waals surface area contributed by atoms with Crippen LogP contribution < -0.4 is 15.5 Å². The van der Waals surface area contributed by atoms with Crippen LogP contribution in [0.25, 0.3) is 0 Å². The molecular weight excluding hydrogens is 340 g/mol. The SMILES string of the molecule is CC(=O)N1CCc2cc(N[C@H](C)C(=O)Nc3c(F)cccc3F)ccc21. The van der Waals surface area contributed by atoms with E-state index in [1.165, 1.54) is 13.0 Å². The zero-order valence-electron chi connectivity index (χ0n) is 14.5. The third-order valence-corrected chi connectivity index (χ3v) is 4.34. The van der Waals surface area contributed by atoms with Crippen LogP contribution in [0.2, 0.25) is 0 Å². The van der Waals surface area contributed by atoms with Crippen molar-refractivity contribution < 1.29 is 18.4 Å². The summed E-state index contributed by atoms with van der Waals surface area (Å²) in [6, 6.07) is 8.16. The average Bonchev–Trinajstić information content (AvgIpc) is 3.01. The first-order valence-corrected chi connectivity index (χ1v) is 8.29. The zero-order valence-corrected chi connectivity index (χ0v) is 14.5. The smallest absolute Gasteiger partial charge is 0.246 e. The number of amides is 2. The summed E-state index contributed by atoms with van der Waals surface area (Å²) < 4.78 is 27.3. The molecule has 0 unspecified atom stereocenters. The van der Waals surface area contributed by atoms with Crippen molar-refractivity contribution in [1.29, 1.82) is 0 Å². The summed E-state index contributed by atoms with van der Waals surface area (Å²) in [5.74, 6) is -2.22. The van der Waals surface area contributed by atoms with Gasteiger partial charge in [0, 0.05) is 24.8 Å². The number of benzene rings is 2. The predicted octanol–water partition coefficient (Wildman–Crippen LogP) is 3.31. The highest BCUT2D eigenvalue weighted by atomic mass is 19.1. The molecule has 136 valence electrons. The van der Waals surface area contributed by atoms with Gasteiger partial charge in [-0.05, 0) is 49.2 Å². The highest BCUT2D eigenvalue weighted by Gasteiger charge is 2.23. The second-order valence-electron chi connectivity index (χ2n) is 6.22. The van der Waals surface area contributed by atoms with Gasteiger partial charge in [0.15, 0.2) is 0 Å². The average molecular weight is 359 g/mol. The van der Waals surface area contributed by atoms with Gasteiger partial charge >= 0.3 is 0 Å². The van der Waals surface area contributed by atoms with Crippen molar-refractivity contribution in [2.24, 2.45) is 0 Å². The van der Waals surface area contributed by atoms with Crippen LogP contribution in [0.5, 0.6) is 0 Å². The van der Waals surface area contributed by atoms with Crippen molar-refractivity contribution in [3.63, 3.8) is 0 Å². The number of carbonyl (C=O) groups excluding carboxylic acids is 2. The van der Waals surface area contributed by atoms with Crippen molar-refractivity contribution in [2.75, 3.05) is 22.1 Å². The standard InChI is InChI=1S/C19H19F2N3O2/c1-11(19(26)23-18-15(20)4-3-5-16(18)21)22-14-6-7-17-13(10-14)8-9-24(17)12(2)25/h3-7,10-11,22H,8-9H2,1-2H3,(H,23,26)/t11-/m1/s1. The summed E-state index contributed by atoms with van der Waals surface area (Å²) in [5, 5.41) is 5.28. The highest BCUT2D eigenvalue weighted by Crippen LogP contribution is 2.30. The third-order valence-electron chi connectivity index (χ3n) is 4.34. The first-order valence-electron chi connectivity index (χ1n) is 8.29. The lowest BCUT2D eigenvalue weighted by molar-refractivity contribution is -0.117. The molecule has 0 fully saturated rings. The van der Waals surface area contributed by atoms with E-state index in [0.29, 0.717) is 12.2 Å². The summed E-state index contributed by atoms with van der Waals surface area (Å²) in [6.45, 7) is 3.76. The Morgan fingerprint density at radius 2 is 1.85 bits per heavy atom. The molecule has 26 heavy (non-hydrogen) atoms. The summed E-state index contributed by atoms with van der Waals surface area (Å²) in [5.41, 5.74) is 2.12. The summed E-state index contributed by atoms with van der Waals surface area (Å²) in [4.78, 5) is 25.5. The Morgan fingerprint density at radius 3 is 2.50 bits per heavy atom. The molecular formula is C19H19F2N3O2. The van der Waals surface area contributed by atoms with Gasteiger partial charge in [0.25, 0.3) is 0 Å². The summed E-state index contributed by atoms with van der Waals surface area (Å²) >= 11 is 0. The topological polar surface area (TPSA) is 61.4 Å². The van der Waals surface area contributed by atoms with Gasteiger partial charge in [-0.1, -0.05) is 6.07 Å². The fourth-order valence-electron chi connectivity index (χ4n) is 2.98. The molecule has 1 atom stereocenters. The van der Waals surface area contributed by atoms with Gasteiger partial charge in [-0.2, -0.15) is 0 Å². The molecule has 0 saturated carbocycles. The zero-order chi connectivity index (χ0) is 18.8. The minimum Gasteiger partial charge on any atom is -0.374 e. The van der Waals surface area contributed by atoms with Crippen LogP contribution in [0.1, 0.15) is 19.4 Å². The lowest BCUT2D eigenvalue weighted by Gasteiger charge is -2.18. The maximum absolute atomic E-state index is 13.6. The van der Waals surface area contributed by atoms with E-state index in [9.17, 15) is 18.4 Å². The summed E-state index contributed by atoms with van der Waals surface area (Å²) in [7, 11) is 0. The molecule has 0 radical (unpaired) electrons. The number of carbonyl (C=O) groups is 2. The Hall–Kier alpha value is -2.96. The van der Waals surface area contributed by atoms with Crippen LogP contribution in [0.15, 0.2) is 36.4 Å². The van der Waals surface area contributed by atoms with Crippen molar-refractivity contribution in [3.05, 3.63) is 53.6 Å². The van der Waals surface area contributed by atoms with Crippen LogP contribution in [0, 0.1) is 11.6 Å². The number of halogens is 2. The number of nitrogens with zero attached hydrogens (tertiary/aromatic N) is 1. The van der Waals surface area contributed by atoms with E-state index in [1.54, 1.807) is 17.9 Å². The molecule has 2 aromatic rings. The molecule has 1 aliphatic heterocycles. The van der Waals surface area contributed by atoms with Crippen molar-refractivity contribution in [2.45, 2.75) is 26.3 Å². The number of anilines is 3. The van der Waals surface area contributed by atoms with Gasteiger partial charge in [0.1, 0.15) is 23.4 Å². The fraction of sp³-hybridized carbons (Fsp3) is 0.263. The lowest BCUT2D eigenvalue weighted by Crippen LogP contribution is -2.32. The summed E-state index contributed by atoms with van der Waals surface area (Å²) in [6.07, 6.45) is 0.742. The maximum atomic E-state index is 13.6. The molecule has 0 saturated heterocycles. The Kier molecular flexibility index (Phi) is 4.88. The van der Waals surface area contributed by atoms with E-state index in [4.69, 9.17) is 0 Å². The molecule has 1 aliphatic rings. The molecule has 2 amide bonds. The monoisotopic (exact) mass is 359 g/mol. The molecule has 0 bridgehead atoms. The van der Waals surface area contributed by atoms with Gasteiger partial charge < -0.3 is 15.5 Å². The number of nitrogens with one attached hydrogen (secondary N) is 2. The van der Waals surface area contributed by atoms with Crippen LogP contribution in [0.4, 0.5) is 25.8 Å². The van der Waals surface area contributed by atoms with Gasteiger partial charge in [-0.3, -0.25) is 9.59 Å². The van der Waals surface area contributed by atoms with E-state index in [2.05, 4.69) is 10.6 Å². The van der Waals surface area contributed by atoms with Crippen LogP contribution in [-0.2, 0) is 16.0 Å². The van der Waals surface area contributed by atoms with Gasteiger partial charge in [-0.25, -0.2) is 8.78 Å². The first kappa shape index (κ1) is 17.8. The number of rotatable bonds is 4. The minimum absolute atomic E-state index is 0.0101. The van der Waals surface area contributed by atoms with E-state index in [0.717, 1.165) is 29.8 Å². The largest absolute Gasteiger partial charge is 0.374 e. The Bertz CT molecular complexity index is 850. The minimum atomic E-state index is -0.826. The number of para-hydroxylation sites is 1. The van der Waals surface area contributed by atoms with Crippen LogP contribution in [0.3, 0.4) is 0 Å². The lowest BCUT2D eigenvalue weighted by atomic mass is 10.1. The third kappa shape index (κ3) is 3.51. The molecule has 3 rings (SSSR count). The number of fused-ring (bicyclic) bond motifs is 1. The Morgan fingerprint density at radius 1 is 1.15 bits per heavy atom. The molecule has 0 aliphatic carbocycles.